The van der Waals surface area contributed by atoms with Gasteiger partial charge in [0.25, 0.3) is 5.91 Å². The van der Waals surface area contributed by atoms with Crippen LogP contribution in [0.1, 0.15) is 16.8 Å². The van der Waals surface area contributed by atoms with E-state index in [-0.39, 0.29) is 11.9 Å². The lowest BCUT2D eigenvalue weighted by molar-refractivity contribution is 0.0818. The van der Waals surface area contributed by atoms with Gasteiger partial charge in [0.2, 0.25) is 0 Å². The van der Waals surface area contributed by atoms with Crippen molar-refractivity contribution in [2.45, 2.75) is 12.5 Å². The predicted molar refractivity (Wildman–Crippen MR) is 58.3 cm³/mol. The summed E-state index contributed by atoms with van der Waals surface area (Å²) < 4.78 is 0. The maximum absolute atomic E-state index is 12.1. The molecule has 0 saturated carbocycles. The van der Waals surface area contributed by atoms with Crippen LogP contribution < -0.4 is 0 Å². The second-order valence-electron chi connectivity index (χ2n) is 3.70. The molecule has 0 spiro atoms. The summed E-state index contributed by atoms with van der Waals surface area (Å²) in [6.07, 6.45) is 6.57. The maximum atomic E-state index is 12.1. The van der Waals surface area contributed by atoms with Gasteiger partial charge in [0.05, 0.1) is 17.3 Å². The summed E-state index contributed by atoms with van der Waals surface area (Å²) in [5.74, 6) is 0.0434. The van der Waals surface area contributed by atoms with E-state index in [1.165, 1.54) is 0 Å². The molecule has 0 saturated heterocycles. The molecule has 3 heteroatoms. The first-order valence-electron chi connectivity index (χ1n) is 4.99. The third-order valence-corrected chi connectivity index (χ3v) is 2.76. The van der Waals surface area contributed by atoms with Gasteiger partial charge < -0.3 is 4.90 Å². The summed E-state index contributed by atoms with van der Waals surface area (Å²) in [4.78, 5) is 18.2. The molecule has 2 aliphatic heterocycles. The summed E-state index contributed by atoms with van der Waals surface area (Å²) in [5, 5.41) is 0. The SMILES string of the molecule is O=C1c2ccccc2N=C[C@@H]2CC=CN12. The van der Waals surface area contributed by atoms with Gasteiger partial charge in [0.15, 0.2) is 0 Å². The van der Waals surface area contributed by atoms with Crippen LogP contribution in [0.15, 0.2) is 41.5 Å². The number of rotatable bonds is 0. The van der Waals surface area contributed by atoms with Gasteiger partial charge in [-0.3, -0.25) is 9.79 Å². The van der Waals surface area contributed by atoms with E-state index >= 15 is 0 Å². The number of carbonyl (C=O) groups is 1. The van der Waals surface area contributed by atoms with Gasteiger partial charge in [0, 0.05) is 12.4 Å². The molecular weight excluding hydrogens is 188 g/mol. The van der Waals surface area contributed by atoms with Crippen LogP contribution in [0, 0.1) is 0 Å². The van der Waals surface area contributed by atoms with Crippen LogP contribution in [0.3, 0.4) is 0 Å². The van der Waals surface area contributed by atoms with Crippen molar-refractivity contribution in [2.75, 3.05) is 0 Å². The zero-order valence-electron chi connectivity index (χ0n) is 8.13. The standard InChI is InChI=1S/C12H10N2O/c15-12-10-5-1-2-6-11(10)13-8-9-4-3-7-14(9)12/h1-3,5-9H,4H2/t9-/m0/s1. The molecule has 0 unspecified atom stereocenters. The van der Waals surface area contributed by atoms with E-state index in [1.54, 1.807) is 4.90 Å². The van der Waals surface area contributed by atoms with Crippen LogP contribution in [0.5, 0.6) is 0 Å². The van der Waals surface area contributed by atoms with Gasteiger partial charge in [-0.2, -0.15) is 0 Å². The summed E-state index contributed by atoms with van der Waals surface area (Å²) in [6, 6.07) is 7.56. The monoisotopic (exact) mass is 198 g/mol. The van der Waals surface area contributed by atoms with Crippen molar-refractivity contribution < 1.29 is 4.79 Å². The number of aliphatic imine (C=N–C) groups is 1. The molecule has 0 radical (unpaired) electrons. The molecular formula is C12H10N2O. The number of fused-ring (bicyclic) bond motifs is 2. The molecule has 1 atom stereocenters. The van der Waals surface area contributed by atoms with Crippen LogP contribution in [-0.4, -0.2) is 23.1 Å². The van der Waals surface area contributed by atoms with Crippen molar-refractivity contribution in [3.63, 3.8) is 0 Å². The molecule has 15 heavy (non-hydrogen) atoms. The van der Waals surface area contributed by atoms with Crippen LogP contribution >= 0.6 is 0 Å². The van der Waals surface area contributed by atoms with Gasteiger partial charge in [-0.15, -0.1) is 0 Å². The summed E-state index contributed by atoms with van der Waals surface area (Å²) in [6.45, 7) is 0. The normalized spacial score (nSPS) is 22.5. The largest absolute Gasteiger partial charge is 0.307 e. The Morgan fingerprint density at radius 2 is 2.20 bits per heavy atom. The molecule has 0 fully saturated rings. The molecule has 0 aliphatic carbocycles. The number of hydrogen-bond acceptors (Lipinski definition) is 2. The van der Waals surface area contributed by atoms with Gasteiger partial charge >= 0.3 is 0 Å². The first-order valence-corrected chi connectivity index (χ1v) is 4.99. The highest BCUT2D eigenvalue weighted by Gasteiger charge is 2.28. The van der Waals surface area contributed by atoms with E-state index in [1.807, 2.05) is 42.8 Å². The average molecular weight is 198 g/mol. The highest BCUT2D eigenvalue weighted by atomic mass is 16.2. The minimum atomic E-state index is 0.0434. The fourth-order valence-corrected chi connectivity index (χ4v) is 1.96. The van der Waals surface area contributed by atoms with Crippen molar-refractivity contribution in [1.82, 2.24) is 4.90 Å². The number of carbonyl (C=O) groups excluding carboxylic acids is 1. The Labute approximate surface area is 87.7 Å². The zero-order chi connectivity index (χ0) is 10.3. The summed E-state index contributed by atoms with van der Waals surface area (Å²) in [7, 11) is 0. The second-order valence-corrected chi connectivity index (χ2v) is 3.70. The zero-order valence-corrected chi connectivity index (χ0v) is 8.13. The molecule has 0 aromatic heterocycles. The van der Waals surface area contributed by atoms with Gasteiger partial charge in [-0.05, 0) is 18.6 Å². The van der Waals surface area contributed by atoms with E-state index in [4.69, 9.17) is 0 Å². The van der Waals surface area contributed by atoms with Gasteiger partial charge in [-0.25, -0.2) is 0 Å². The highest BCUT2D eigenvalue weighted by Crippen LogP contribution is 2.27. The highest BCUT2D eigenvalue weighted by molar-refractivity contribution is 6.03. The fourth-order valence-electron chi connectivity index (χ4n) is 1.96. The van der Waals surface area contributed by atoms with Crippen molar-refractivity contribution in [3.8, 4) is 0 Å². The number of benzene rings is 1. The number of para-hydroxylation sites is 1. The first kappa shape index (κ1) is 8.41. The van der Waals surface area contributed by atoms with E-state index in [9.17, 15) is 4.79 Å². The first-order chi connectivity index (χ1) is 7.36. The third-order valence-electron chi connectivity index (χ3n) is 2.76. The van der Waals surface area contributed by atoms with Crippen molar-refractivity contribution in [2.24, 2.45) is 4.99 Å². The van der Waals surface area contributed by atoms with E-state index in [2.05, 4.69) is 4.99 Å². The van der Waals surface area contributed by atoms with Gasteiger partial charge in [0.1, 0.15) is 0 Å². The quantitative estimate of drug-likeness (QED) is 0.628. The fraction of sp³-hybridized carbons (Fsp3) is 0.167. The van der Waals surface area contributed by atoms with Crippen molar-refractivity contribution >= 4 is 17.8 Å². The van der Waals surface area contributed by atoms with E-state index in [0.717, 1.165) is 12.1 Å². The third kappa shape index (κ3) is 1.20. The topological polar surface area (TPSA) is 32.7 Å². The molecule has 3 nitrogen and oxygen atoms in total. The van der Waals surface area contributed by atoms with Gasteiger partial charge in [-0.1, -0.05) is 18.2 Å². The molecule has 2 heterocycles. The Bertz CT molecular complexity index is 476. The molecule has 1 amide bonds. The number of nitrogens with zero attached hydrogens (tertiary/aromatic N) is 2. The molecule has 0 N–H and O–H groups in total. The lowest BCUT2D eigenvalue weighted by Crippen LogP contribution is -2.32. The minimum Gasteiger partial charge on any atom is -0.307 e. The molecule has 74 valence electrons. The van der Waals surface area contributed by atoms with E-state index in [0.29, 0.717) is 5.56 Å². The van der Waals surface area contributed by atoms with Crippen molar-refractivity contribution in [1.29, 1.82) is 0 Å². The number of hydrogen-bond donors (Lipinski definition) is 0. The maximum Gasteiger partial charge on any atom is 0.260 e. The predicted octanol–water partition coefficient (Wildman–Crippen LogP) is 2.13. The van der Waals surface area contributed by atoms with Crippen LogP contribution in [0.2, 0.25) is 0 Å². The van der Waals surface area contributed by atoms with Crippen LogP contribution in [-0.2, 0) is 0 Å². The second kappa shape index (κ2) is 3.05. The Kier molecular flexibility index (Phi) is 1.71. The van der Waals surface area contributed by atoms with Crippen LogP contribution in [0.25, 0.3) is 0 Å². The Balaban J connectivity index is 2.15. The molecule has 3 rings (SSSR count). The van der Waals surface area contributed by atoms with Crippen LogP contribution in [0.4, 0.5) is 5.69 Å². The Hall–Kier alpha value is -1.90. The Morgan fingerprint density at radius 3 is 3.13 bits per heavy atom. The molecule has 1 aromatic carbocycles. The Morgan fingerprint density at radius 1 is 1.33 bits per heavy atom. The summed E-state index contributed by atoms with van der Waals surface area (Å²) >= 11 is 0. The molecule has 1 aromatic rings. The lowest BCUT2D eigenvalue weighted by atomic mass is 10.1. The molecule has 2 aliphatic rings. The smallest absolute Gasteiger partial charge is 0.260 e. The molecule has 0 bridgehead atoms. The summed E-state index contributed by atoms with van der Waals surface area (Å²) in [5.41, 5.74) is 1.45. The lowest BCUT2D eigenvalue weighted by Gasteiger charge is -2.18. The van der Waals surface area contributed by atoms with E-state index < -0.39 is 0 Å². The average Bonchev–Trinajstić information content (AvgIpc) is 2.69. The van der Waals surface area contributed by atoms with Crippen molar-refractivity contribution in [3.05, 3.63) is 42.1 Å². The number of amides is 1. The minimum absolute atomic E-state index is 0.0434.